The molecule has 0 saturated carbocycles. The summed E-state index contributed by atoms with van der Waals surface area (Å²) >= 11 is 2.08. The average molecular weight is 258 g/mol. The highest BCUT2D eigenvalue weighted by Crippen LogP contribution is 2.37. The van der Waals surface area contributed by atoms with E-state index in [2.05, 4.69) is 37.4 Å². The van der Waals surface area contributed by atoms with E-state index in [4.69, 9.17) is 10.5 Å². The van der Waals surface area contributed by atoms with Crippen molar-refractivity contribution in [3.8, 4) is 0 Å². The number of nitrogens with two attached hydrogens (primary N) is 1. The fraction of sp³-hybridized carbons (Fsp3) is 1.00. The number of nitrogens with zero attached hydrogens (tertiary/aromatic N) is 1. The Kier molecular flexibility index (Phi) is 4.08. The van der Waals surface area contributed by atoms with E-state index in [1.54, 1.807) is 0 Å². The molecule has 0 bridgehead atoms. The zero-order valence-corrected chi connectivity index (χ0v) is 12.2. The maximum absolute atomic E-state index is 6.13. The smallest absolute Gasteiger partial charge is 0.0644 e. The molecule has 2 fully saturated rings. The highest BCUT2D eigenvalue weighted by molar-refractivity contribution is 7.99. The summed E-state index contributed by atoms with van der Waals surface area (Å²) in [5.41, 5.74) is 6.29. The third-order valence-electron chi connectivity index (χ3n) is 4.11. The van der Waals surface area contributed by atoms with Crippen LogP contribution >= 0.6 is 11.8 Å². The molecule has 2 atom stereocenters. The van der Waals surface area contributed by atoms with Gasteiger partial charge in [0.25, 0.3) is 0 Å². The lowest BCUT2D eigenvalue weighted by atomic mass is 9.79. The van der Waals surface area contributed by atoms with Gasteiger partial charge in [-0.1, -0.05) is 6.92 Å². The first-order valence-electron chi connectivity index (χ1n) is 6.68. The van der Waals surface area contributed by atoms with Crippen LogP contribution < -0.4 is 5.73 Å². The molecule has 2 aliphatic rings. The van der Waals surface area contributed by atoms with Crippen LogP contribution in [-0.2, 0) is 4.74 Å². The van der Waals surface area contributed by atoms with E-state index >= 15 is 0 Å². The minimum absolute atomic E-state index is 0.0224. The molecule has 2 unspecified atom stereocenters. The van der Waals surface area contributed by atoms with Crippen molar-refractivity contribution in [3.05, 3.63) is 0 Å². The number of hydrogen-bond acceptors (Lipinski definition) is 4. The first-order valence-corrected chi connectivity index (χ1v) is 7.73. The average Bonchev–Trinajstić information content (AvgIpc) is 2.27. The Balaban J connectivity index is 2.12. The predicted molar refractivity (Wildman–Crippen MR) is 74.5 cm³/mol. The van der Waals surface area contributed by atoms with Crippen molar-refractivity contribution in [1.29, 1.82) is 0 Å². The molecule has 0 radical (unpaired) electrons. The molecule has 0 aromatic heterocycles. The highest BCUT2D eigenvalue weighted by Gasteiger charge is 2.44. The zero-order chi connectivity index (χ0) is 12.5. The summed E-state index contributed by atoms with van der Waals surface area (Å²) in [6.45, 7) is 10.7. The van der Waals surface area contributed by atoms with Crippen LogP contribution in [0.4, 0.5) is 0 Å². The standard InChI is InChI=1S/C13H26N2OS/c1-11-8-15(5-7-17-11)13(10-14)4-6-16-12(2,3)9-13/h11H,4-10,14H2,1-3H3. The largest absolute Gasteiger partial charge is 0.375 e. The van der Waals surface area contributed by atoms with Crippen LogP contribution in [0.3, 0.4) is 0 Å². The topological polar surface area (TPSA) is 38.5 Å². The minimum Gasteiger partial charge on any atom is -0.375 e. The van der Waals surface area contributed by atoms with E-state index in [0.717, 1.165) is 31.2 Å². The normalized spacial score (nSPS) is 39.2. The Hall–Kier alpha value is 0.230. The van der Waals surface area contributed by atoms with Gasteiger partial charge in [0.05, 0.1) is 5.60 Å². The third-order valence-corrected chi connectivity index (χ3v) is 5.24. The van der Waals surface area contributed by atoms with Gasteiger partial charge in [-0.3, -0.25) is 4.90 Å². The summed E-state index contributed by atoms with van der Waals surface area (Å²) in [7, 11) is 0. The first-order chi connectivity index (χ1) is 7.97. The Labute approximate surface area is 109 Å². The molecule has 2 saturated heterocycles. The second-order valence-electron chi connectivity index (χ2n) is 6.09. The third kappa shape index (κ3) is 2.98. The molecule has 2 aliphatic heterocycles. The quantitative estimate of drug-likeness (QED) is 0.818. The lowest BCUT2D eigenvalue weighted by Gasteiger charge is -2.52. The van der Waals surface area contributed by atoms with Crippen molar-refractivity contribution in [2.75, 3.05) is 32.0 Å². The van der Waals surface area contributed by atoms with Gasteiger partial charge in [-0.05, 0) is 26.7 Å². The molecule has 2 rings (SSSR count). The van der Waals surface area contributed by atoms with E-state index in [-0.39, 0.29) is 11.1 Å². The molecular weight excluding hydrogens is 232 g/mol. The summed E-state index contributed by atoms with van der Waals surface area (Å²) in [6, 6.07) is 0. The van der Waals surface area contributed by atoms with Gasteiger partial charge in [0, 0.05) is 42.8 Å². The van der Waals surface area contributed by atoms with Gasteiger partial charge in [-0.2, -0.15) is 11.8 Å². The van der Waals surface area contributed by atoms with E-state index in [1.165, 1.54) is 18.8 Å². The molecule has 17 heavy (non-hydrogen) atoms. The molecule has 0 aliphatic carbocycles. The van der Waals surface area contributed by atoms with Gasteiger partial charge in [-0.25, -0.2) is 0 Å². The van der Waals surface area contributed by atoms with E-state index in [9.17, 15) is 0 Å². The van der Waals surface area contributed by atoms with Crippen LogP contribution in [0.1, 0.15) is 33.6 Å². The molecular formula is C13H26N2OS. The summed E-state index contributed by atoms with van der Waals surface area (Å²) in [5, 5.41) is 0.734. The minimum atomic E-state index is -0.0224. The monoisotopic (exact) mass is 258 g/mol. The predicted octanol–water partition coefficient (Wildman–Crippen LogP) is 1.71. The summed E-state index contributed by atoms with van der Waals surface area (Å²) < 4.78 is 5.85. The van der Waals surface area contributed by atoms with Crippen molar-refractivity contribution in [2.24, 2.45) is 5.73 Å². The lowest BCUT2D eigenvalue weighted by Crippen LogP contribution is -2.62. The Morgan fingerprint density at radius 1 is 1.47 bits per heavy atom. The molecule has 4 heteroatoms. The molecule has 0 amide bonds. The molecule has 2 heterocycles. The first kappa shape index (κ1) is 13.7. The molecule has 100 valence electrons. The second-order valence-corrected chi connectivity index (χ2v) is 7.64. The summed E-state index contributed by atoms with van der Waals surface area (Å²) in [4.78, 5) is 2.64. The van der Waals surface area contributed by atoms with Crippen molar-refractivity contribution < 1.29 is 4.74 Å². The van der Waals surface area contributed by atoms with Crippen molar-refractivity contribution in [1.82, 2.24) is 4.90 Å². The molecule has 0 spiro atoms. The van der Waals surface area contributed by atoms with Crippen LogP contribution in [0.15, 0.2) is 0 Å². The summed E-state index contributed by atoms with van der Waals surface area (Å²) in [5.74, 6) is 1.24. The maximum atomic E-state index is 6.13. The number of rotatable bonds is 2. The van der Waals surface area contributed by atoms with Crippen LogP contribution in [0.5, 0.6) is 0 Å². The van der Waals surface area contributed by atoms with Crippen LogP contribution in [-0.4, -0.2) is 53.3 Å². The second kappa shape index (κ2) is 5.08. The van der Waals surface area contributed by atoms with Crippen molar-refractivity contribution in [3.63, 3.8) is 0 Å². The zero-order valence-electron chi connectivity index (χ0n) is 11.4. The van der Waals surface area contributed by atoms with Crippen LogP contribution in [0, 0.1) is 0 Å². The Morgan fingerprint density at radius 2 is 2.24 bits per heavy atom. The number of thioether (sulfide) groups is 1. The Bertz CT molecular complexity index is 272. The molecule has 3 nitrogen and oxygen atoms in total. The number of hydrogen-bond donors (Lipinski definition) is 1. The van der Waals surface area contributed by atoms with Gasteiger partial charge in [-0.15, -0.1) is 0 Å². The van der Waals surface area contributed by atoms with Crippen LogP contribution in [0.2, 0.25) is 0 Å². The fourth-order valence-electron chi connectivity index (χ4n) is 3.27. The maximum Gasteiger partial charge on any atom is 0.0644 e. The van der Waals surface area contributed by atoms with E-state index in [0.29, 0.717) is 0 Å². The van der Waals surface area contributed by atoms with Crippen LogP contribution in [0.25, 0.3) is 0 Å². The van der Waals surface area contributed by atoms with Gasteiger partial charge < -0.3 is 10.5 Å². The fourth-order valence-corrected chi connectivity index (χ4v) is 4.29. The van der Waals surface area contributed by atoms with Crippen molar-refractivity contribution >= 4 is 11.8 Å². The van der Waals surface area contributed by atoms with Gasteiger partial charge >= 0.3 is 0 Å². The molecule has 2 N–H and O–H groups in total. The highest BCUT2D eigenvalue weighted by atomic mass is 32.2. The molecule has 0 aromatic carbocycles. The Morgan fingerprint density at radius 3 is 2.82 bits per heavy atom. The molecule has 0 aromatic rings. The summed E-state index contributed by atoms with van der Waals surface area (Å²) in [6.07, 6.45) is 2.15. The SMILES string of the molecule is CC1CN(C2(CN)CCOC(C)(C)C2)CCS1. The lowest BCUT2D eigenvalue weighted by molar-refractivity contribution is -0.117. The van der Waals surface area contributed by atoms with E-state index in [1.807, 2.05) is 0 Å². The van der Waals surface area contributed by atoms with Gasteiger partial charge in [0.2, 0.25) is 0 Å². The van der Waals surface area contributed by atoms with E-state index < -0.39 is 0 Å². The number of ether oxygens (including phenoxy) is 1. The van der Waals surface area contributed by atoms with Gasteiger partial charge in [0.1, 0.15) is 0 Å². The van der Waals surface area contributed by atoms with Crippen molar-refractivity contribution in [2.45, 2.75) is 50.0 Å². The van der Waals surface area contributed by atoms with Gasteiger partial charge in [0.15, 0.2) is 0 Å².